The number of rotatable bonds is 3. The third-order valence-electron chi connectivity index (χ3n) is 2.93. The van der Waals surface area contributed by atoms with E-state index >= 15 is 0 Å². The second-order valence-corrected chi connectivity index (χ2v) is 4.23. The van der Waals surface area contributed by atoms with E-state index in [0.717, 1.165) is 28.0 Å². The summed E-state index contributed by atoms with van der Waals surface area (Å²) in [5.41, 5.74) is 2.51. The van der Waals surface area contributed by atoms with E-state index in [1.54, 1.807) is 25.7 Å². The number of fused-ring (bicyclic) bond motifs is 1. The summed E-state index contributed by atoms with van der Waals surface area (Å²) in [5.74, 6) is 0.775. The molecule has 0 atom stereocenters. The van der Waals surface area contributed by atoms with Crippen LogP contribution >= 0.6 is 0 Å². The van der Waals surface area contributed by atoms with Crippen molar-refractivity contribution < 1.29 is 4.74 Å². The molecular weight excluding hydrogens is 250 g/mol. The Hall–Kier alpha value is -2.75. The molecule has 0 spiro atoms. The topological polar surface area (TPSA) is 47.9 Å². The summed E-state index contributed by atoms with van der Waals surface area (Å²) in [4.78, 5) is 12.8. The zero-order valence-electron chi connectivity index (χ0n) is 11.0. The molecule has 0 saturated heterocycles. The average Bonchev–Trinajstić information content (AvgIpc) is 2.53. The third kappa shape index (κ3) is 2.49. The maximum atomic E-state index is 5.34. The molecule has 0 radical (unpaired) electrons. The van der Waals surface area contributed by atoms with Crippen LogP contribution in [0.3, 0.4) is 0 Å². The van der Waals surface area contributed by atoms with Gasteiger partial charge >= 0.3 is 0 Å². The van der Waals surface area contributed by atoms with Crippen molar-refractivity contribution in [3.63, 3.8) is 0 Å². The highest BCUT2D eigenvalue weighted by Gasteiger charge is 2.02. The molecule has 0 fully saturated rings. The number of hydrogen-bond donors (Lipinski definition) is 0. The van der Waals surface area contributed by atoms with Crippen molar-refractivity contribution >= 4 is 23.1 Å². The Morgan fingerprint density at radius 3 is 2.70 bits per heavy atom. The minimum absolute atomic E-state index is 0.775. The fraction of sp³-hybridized carbons (Fsp3) is 0.0625. The third-order valence-corrected chi connectivity index (χ3v) is 2.93. The Morgan fingerprint density at radius 1 is 1.00 bits per heavy atom. The standard InChI is InChI=1S/C16H13N3O/c1-20-15-4-2-3-12-5-6-13(19-16(12)15)7-8-14-11-17-9-10-18-14/h2-11H,1H3/b8-7+. The van der Waals surface area contributed by atoms with Crippen molar-refractivity contribution in [3.8, 4) is 5.75 Å². The van der Waals surface area contributed by atoms with Gasteiger partial charge in [0.15, 0.2) is 0 Å². The Balaban J connectivity index is 1.99. The lowest BCUT2D eigenvalue weighted by Crippen LogP contribution is -1.89. The Labute approximate surface area is 116 Å². The van der Waals surface area contributed by atoms with E-state index in [1.165, 1.54) is 0 Å². The Bertz CT molecular complexity index is 754. The Morgan fingerprint density at radius 2 is 1.90 bits per heavy atom. The van der Waals surface area contributed by atoms with Crippen LogP contribution in [0, 0.1) is 0 Å². The number of nitrogens with zero attached hydrogens (tertiary/aromatic N) is 3. The van der Waals surface area contributed by atoms with Gasteiger partial charge in [0.2, 0.25) is 0 Å². The molecule has 3 rings (SSSR count). The van der Waals surface area contributed by atoms with Crippen LogP contribution in [-0.2, 0) is 0 Å². The van der Waals surface area contributed by atoms with Crippen molar-refractivity contribution in [2.45, 2.75) is 0 Å². The summed E-state index contributed by atoms with van der Waals surface area (Å²) in [6.07, 6.45) is 8.82. The van der Waals surface area contributed by atoms with E-state index in [9.17, 15) is 0 Å². The monoisotopic (exact) mass is 263 g/mol. The Kier molecular flexibility index (Phi) is 3.37. The van der Waals surface area contributed by atoms with Gasteiger partial charge in [0.1, 0.15) is 11.3 Å². The van der Waals surface area contributed by atoms with Crippen molar-refractivity contribution in [2.24, 2.45) is 0 Å². The van der Waals surface area contributed by atoms with Gasteiger partial charge in [0.25, 0.3) is 0 Å². The molecule has 0 bridgehead atoms. The maximum absolute atomic E-state index is 5.34. The fourth-order valence-electron chi connectivity index (χ4n) is 1.96. The molecule has 98 valence electrons. The van der Waals surface area contributed by atoms with Crippen LogP contribution in [0.2, 0.25) is 0 Å². The van der Waals surface area contributed by atoms with E-state index in [2.05, 4.69) is 15.0 Å². The summed E-state index contributed by atoms with van der Waals surface area (Å²) in [7, 11) is 1.65. The molecular formula is C16H13N3O. The zero-order valence-corrected chi connectivity index (χ0v) is 11.0. The second-order valence-electron chi connectivity index (χ2n) is 4.23. The molecule has 20 heavy (non-hydrogen) atoms. The van der Waals surface area contributed by atoms with Gasteiger partial charge in [-0.1, -0.05) is 18.2 Å². The molecule has 1 aromatic carbocycles. The van der Waals surface area contributed by atoms with Gasteiger partial charge in [-0.25, -0.2) is 4.98 Å². The lowest BCUT2D eigenvalue weighted by atomic mass is 10.2. The molecule has 0 aliphatic heterocycles. The molecule has 3 aromatic rings. The van der Waals surface area contributed by atoms with Gasteiger partial charge in [0, 0.05) is 17.8 Å². The van der Waals surface area contributed by atoms with Crippen LogP contribution in [0.5, 0.6) is 5.75 Å². The summed E-state index contributed by atoms with van der Waals surface area (Å²) in [5, 5.41) is 1.06. The largest absolute Gasteiger partial charge is 0.494 e. The van der Waals surface area contributed by atoms with Gasteiger partial charge in [-0.2, -0.15) is 0 Å². The van der Waals surface area contributed by atoms with E-state index < -0.39 is 0 Å². The average molecular weight is 263 g/mol. The van der Waals surface area contributed by atoms with Crippen molar-refractivity contribution in [1.29, 1.82) is 0 Å². The first-order chi connectivity index (χ1) is 9.86. The molecule has 0 aliphatic carbocycles. The molecule has 0 saturated carbocycles. The quantitative estimate of drug-likeness (QED) is 0.728. The van der Waals surface area contributed by atoms with Gasteiger partial charge in [-0.3, -0.25) is 9.97 Å². The number of ether oxygens (including phenoxy) is 1. The molecule has 4 heteroatoms. The highest BCUT2D eigenvalue weighted by molar-refractivity contribution is 5.85. The van der Waals surface area contributed by atoms with Crippen molar-refractivity contribution in [1.82, 2.24) is 15.0 Å². The maximum Gasteiger partial charge on any atom is 0.145 e. The van der Waals surface area contributed by atoms with E-state index in [0.29, 0.717) is 0 Å². The minimum atomic E-state index is 0.775. The molecule has 0 unspecified atom stereocenters. The van der Waals surface area contributed by atoms with E-state index in [4.69, 9.17) is 4.74 Å². The second kappa shape index (κ2) is 5.48. The predicted octanol–water partition coefficient (Wildman–Crippen LogP) is 3.20. The van der Waals surface area contributed by atoms with Crippen LogP contribution in [0.25, 0.3) is 23.1 Å². The van der Waals surface area contributed by atoms with Gasteiger partial charge in [-0.15, -0.1) is 0 Å². The number of benzene rings is 1. The van der Waals surface area contributed by atoms with E-state index in [1.807, 2.05) is 42.5 Å². The van der Waals surface area contributed by atoms with Crippen LogP contribution in [0.1, 0.15) is 11.4 Å². The lowest BCUT2D eigenvalue weighted by Gasteiger charge is -2.04. The van der Waals surface area contributed by atoms with Gasteiger partial charge in [0.05, 0.1) is 24.7 Å². The number of para-hydroxylation sites is 1. The van der Waals surface area contributed by atoms with Crippen LogP contribution in [-0.4, -0.2) is 22.1 Å². The van der Waals surface area contributed by atoms with Crippen molar-refractivity contribution in [2.75, 3.05) is 7.11 Å². The summed E-state index contributed by atoms with van der Waals surface area (Å²) < 4.78 is 5.34. The smallest absolute Gasteiger partial charge is 0.145 e. The lowest BCUT2D eigenvalue weighted by molar-refractivity contribution is 0.419. The van der Waals surface area contributed by atoms with Gasteiger partial charge in [-0.05, 0) is 24.3 Å². The van der Waals surface area contributed by atoms with Crippen molar-refractivity contribution in [3.05, 3.63) is 60.3 Å². The molecule has 0 N–H and O–H groups in total. The first-order valence-electron chi connectivity index (χ1n) is 6.25. The van der Waals surface area contributed by atoms with Gasteiger partial charge < -0.3 is 4.74 Å². The normalized spacial score (nSPS) is 11.1. The number of aromatic nitrogens is 3. The highest BCUT2D eigenvalue weighted by Crippen LogP contribution is 2.23. The molecule has 0 aliphatic rings. The first kappa shape index (κ1) is 12.3. The highest BCUT2D eigenvalue weighted by atomic mass is 16.5. The summed E-state index contributed by atoms with van der Waals surface area (Å²) in [6, 6.07) is 9.88. The number of methoxy groups -OCH3 is 1. The number of pyridine rings is 1. The molecule has 2 aromatic heterocycles. The molecule has 0 amide bonds. The number of hydrogen-bond acceptors (Lipinski definition) is 4. The molecule has 4 nitrogen and oxygen atoms in total. The summed E-state index contributed by atoms with van der Waals surface area (Å²) in [6.45, 7) is 0. The van der Waals surface area contributed by atoms with E-state index in [-0.39, 0.29) is 0 Å². The van der Waals surface area contributed by atoms with Crippen LogP contribution in [0.15, 0.2) is 48.9 Å². The molecule has 2 heterocycles. The van der Waals surface area contributed by atoms with Crippen LogP contribution < -0.4 is 4.74 Å². The minimum Gasteiger partial charge on any atom is -0.494 e. The zero-order chi connectivity index (χ0) is 13.8. The summed E-state index contributed by atoms with van der Waals surface area (Å²) >= 11 is 0. The fourth-order valence-corrected chi connectivity index (χ4v) is 1.96. The first-order valence-corrected chi connectivity index (χ1v) is 6.25. The predicted molar refractivity (Wildman–Crippen MR) is 79.3 cm³/mol. The van der Waals surface area contributed by atoms with Crippen LogP contribution in [0.4, 0.5) is 0 Å². The SMILES string of the molecule is COc1cccc2ccc(/C=C/c3cnccn3)nc12.